The molecule has 0 nitrogen and oxygen atoms in total. The summed E-state index contributed by atoms with van der Waals surface area (Å²) in [6.45, 7) is 9.32. The average Bonchev–Trinajstić information content (AvgIpc) is 2.52. The molecule has 5 heteroatoms. The van der Waals surface area contributed by atoms with Gasteiger partial charge in [0.05, 0.1) is 8.07 Å². The third kappa shape index (κ3) is 11.8. The summed E-state index contributed by atoms with van der Waals surface area (Å²) in [7, 11) is -1.46. The zero-order valence-corrected chi connectivity index (χ0v) is 20.9. The molecule has 24 heavy (non-hydrogen) atoms. The van der Waals surface area contributed by atoms with Crippen molar-refractivity contribution in [2.75, 3.05) is 0 Å². The Morgan fingerprint density at radius 3 is 1.29 bits per heavy atom. The summed E-state index contributed by atoms with van der Waals surface area (Å²) in [5.74, 6) is 0. The Kier molecular flexibility index (Phi) is 15.2. The van der Waals surface area contributed by atoms with E-state index in [0.29, 0.717) is 5.16 Å². The molecule has 0 radical (unpaired) electrons. The summed E-state index contributed by atoms with van der Waals surface area (Å²) in [5, 5.41) is 0.376. The van der Waals surface area contributed by atoms with Crippen LogP contribution in [-0.2, 0) is 0 Å². The van der Waals surface area contributed by atoms with Gasteiger partial charge in [-0.2, -0.15) is 0 Å². The first kappa shape index (κ1) is 25.3. The molecule has 0 N–H and O–H groups in total. The van der Waals surface area contributed by atoms with Gasteiger partial charge in [0.15, 0.2) is 0 Å². The molecule has 0 fully saturated rings. The quantitative estimate of drug-likeness (QED) is 0.130. The van der Waals surface area contributed by atoms with Gasteiger partial charge in [-0.25, -0.2) is 0 Å². The Hall–Kier alpha value is 1.30. The first-order chi connectivity index (χ1) is 11.3. The highest BCUT2D eigenvalue weighted by atomic mass is 35.8. The number of rotatable bonds is 16. The van der Waals surface area contributed by atoms with Gasteiger partial charge < -0.3 is 0 Å². The van der Waals surface area contributed by atoms with Crippen molar-refractivity contribution >= 4 is 47.3 Å². The SMILES string of the molecule is CCCCCCCC[Si](C)(CCCCCCCC)C(C)[Si](Cl)(Cl)Cl. The molecule has 0 aromatic carbocycles. The molecule has 0 bridgehead atoms. The second kappa shape index (κ2) is 14.4. The van der Waals surface area contributed by atoms with Crippen molar-refractivity contribution in [1.29, 1.82) is 0 Å². The third-order valence-corrected chi connectivity index (χ3v) is 19.8. The van der Waals surface area contributed by atoms with E-state index in [-0.39, 0.29) is 0 Å². The summed E-state index contributed by atoms with van der Waals surface area (Å²) in [6, 6.07) is 0.135. The molecule has 0 heterocycles. The number of halogens is 3. The Labute approximate surface area is 168 Å². The minimum Gasteiger partial charge on any atom is -0.126 e. The van der Waals surface area contributed by atoms with Gasteiger partial charge in [-0.1, -0.05) is 116 Å². The highest BCUT2D eigenvalue weighted by molar-refractivity contribution is 7.66. The van der Waals surface area contributed by atoms with E-state index < -0.39 is 14.1 Å². The molecular weight excluding hydrogens is 391 g/mol. The minimum atomic E-state index is -2.58. The van der Waals surface area contributed by atoms with Crippen LogP contribution in [0.2, 0.25) is 23.8 Å². The highest BCUT2D eigenvalue weighted by Crippen LogP contribution is 2.45. The maximum absolute atomic E-state index is 6.44. The van der Waals surface area contributed by atoms with E-state index in [9.17, 15) is 0 Å². The van der Waals surface area contributed by atoms with Crippen molar-refractivity contribution in [2.45, 2.75) is 122 Å². The van der Waals surface area contributed by atoms with Gasteiger partial charge >= 0.3 is 6.00 Å². The molecule has 0 rings (SSSR count). The van der Waals surface area contributed by atoms with Gasteiger partial charge in [-0.3, -0.25) is 0 Å². The molecule has 0 aliphatic heterocycles. The monoisotopic (exact) mass is 430 g/mol. The standard InChI is InChI=1S/C19H41Cl3Si2/c1-5-7-9-11-13-15-17-23(4,19(3)24(20,21)22)18-16-14-12-10-8-6-2/h19H,5-18H2,1-4H3. The fourth-order valence-corrected chi connectivity index (χ4v) is 17.9. The summed E-state index contributed by atoms with van der Waals surface area (Å²) >= 11 is 19.3. The van der Waals surface area contributed by atoms with Crippen molar-refractivity contribution in [3.05, 3.63) is 0 Å². The summed E-state index contributed by atoms with van der Waals surface area (Å²) in [4.78, 5) is 0. The largest absolute Gasteiger partial charge is 0.341 e. The Balaban J connectivity index is 4.34. The van der Waals surface area contributed by atoms with Crippen molar-refractivity contribution in [1.82, 2.24) is 0 Å². The van der Waals surface area contributed by atoms with E-state index in [2.05, 4.69) is 27.3 Å². The number of unbranched alkanes of at least 4 members (excludes halogenated alkanes) is 10. The fourth-order valence-electron chi connectivity index (χ4n) is 3.57. The topological polar surface area (TPSA) is 0 Å². The van der Waals surface area contributed by atoms with Crippen LogP contribution >= 0.6 is 33.2 Å². The number of hydrogen-bond acceptors (Lipinski definition) is 0. The predicted molar refractivity (Wildman–Crippen MR) is 121 cm³/mol. The maximum Gasteiger partial charge on any atom is 0.341 e. The molecule has 0 aromatic heterocycles. The van der Waals surface area contributed by atoms with Crippen LogP contribution in [0.3, 0.4) is 0 Å². The van der Waals surface area contributed by atoms with E-state index in [1.165, 1.54) is 89.1 Å². The molecule has 0 saturated heterocycles. The van der Waals surface area contributed by atoms with Crippen LogP contribution < -0.4 is 0 Å². The van der Waals surface area contributed by atoms with E-state index in [1.807, 2.05) is 0 Å². The van der Waals surface area contributed by atoms with Crippen molar-refractivity contribution in [3.8, 4) is 0 Å². The van der Waals surface area contributed by atoms with Gasteiger partial charge in [0, 0.05) is 0 Å². The van der Waals surface area contributed by atoms with Gasteiger partial charge in [0.25, 0.3) is 0 Å². The molecular formula is C19H41Cl3Si2. The zero-order valence-electron chi connectivity index (χ0n) is 16.6. The molecule has 0 amide bonds. The molecule has 0 aliphatic carbocycles. The molecule has 146 valence electrons. The lowest BCUT2D eigenvalue weighted by molar-refractivity contribution is 0.613. The van der Waals surface area contributed by atoms with Gasteiger partial charge in [0.2, 0.25) is 0 Å². The van der Waals surface area contributed by atoms with Crippen molar-refractivity contribution < 1.29 is 0 Å². The van der Waals surface area contributed by atoms with Crippen LogP contribution in [0.5, 0.6) is 0 Å². The van der Waals surface area contributed by atoms with Crippen LogP contribution in [0.1, 0.15) is 97.8 Å². The van der Waals surface area contributed by atoms with Gasteiger partial charge in [0.1, 0.15) is 0 Å². The summed E-state index contributed by atoms with van der Waals surface area (Å²) in [5.41, 5.74) is 0. The summed E-state index contributed by atoms with van der Waals surface area (Å²) < 4.78 is 0. The Bertz CT molecular complexity index is 277. The van der Waals surface area contributed by atoms with E-state index in [4.69, 9.17) is 33.2 Å². The molecule has 1 atom stereocenters. The molecule has 0 aliphatic rings. The van der Waals surface area contributed by atoms with E-state index in [0.717, 1.165) is 0 Å². The summed E-state index contributed by atoms with van der Waals surface area (Å²) in [6.07, 6.45) is 16.4. The Morgan fingerprint density at radius 1 is 0.625 bits per heavy atom. The molecule has 0 saturated carbocycles. The predicted octanol–water partition coefficient (Wildman–Crippen LogP) is 9.37. The van der Waals surface area contributed by atoms with Crippen LogP contribution in [0.15, 0.2) is 0 Å². The second-order valence-corrected chi connectivity index (χ2v) is 22.8. The van der Waals surface area contributed by atoms with Crippen LogP contribution in [0, 0.1) is 0 Å². The fraction of sp³-hybridized carbons (Fsp3) is 1.00. The number of hydrogen-bond donors (Lipinski definition) is 0. The van der Waals surface area contributed by atoms with Crippen LogP contribution in [-0.4, -0.2) is 14.1 Å². The minimum absolute atomic E-state index is 0.376. The average molecular weight is 432 g/mol. The lowest BCUT2D eigenvalue weighted by Gasteiger charge is -2.37. The van der Waals surface area contributed by atoms with Crippen molar-refractivity contribution in [3.63, 3.8) is 0 Å². The lowest BCUT2D eigenvalue weighted by atomic mass is 10.1. The zero-order chi connectivity index (χ0) is 18.5. The first-order valence-electron chi connectivity index (χ1n) is 10.3. The second-order valence-electron chi connectivity index (χ2n) is 7.95. The molecule has 0 aromatic rings. The van der Waals surface area contributed by atoms with Gasteiger partial charge in [-0.05, 0) is 5.16 Å². The van der Waals surface area contributed by atoms with Crippen LogP contribution in [0.25, 0.3) is 0 Å². The third-order valence-electron chi connectivity index (χ3n) is 5.74. The molecule has 0 spiro atoms. The van der Waals surface area contributed by atoms with Crippen molar-refractivity contribution in [2.24, 2.45) is 0 Å². The Morgan fingerprint density at radius 2 is 0.958 bits per heavy atom. The smallest absolute Gasteiger partial charge is 0.126 e. The highest BCUT2D eigenvalue weighted by Gasteiger charge is 2.46. The van der Waals surface area contributed by atoms with E-state index >= 15 is 0 Å². The molecule has 1 unspecified atom stereocenters. The lowest BCUT2D eigenvalue weighted by Crippen LogP contribution is -2.43. The van der Waals surface area contributed by atoms with Gasteiger partial charge in [-0.15, -0.1) is 33.2 Å². The van der Waals surface area contributed by atoms with Crippen LogP contribution in [0.4, 0.5) is 0 Å². The first-order valence-corrected chi connectivity index (χ1v) is 18.4. The normalized spacial score (nSPS) is 14.1. The van der Waals surface area contributed by atoms with E-state index in [1.54, 1.807) is 0 Å². The maximum atomic E-state index is 6.44.